The highest BCUT2D eigenvalue weighted by atomic mass is 16.2. The molecule has 0 aliphatic carbocycles. The standard InChI is InChI=1S/C15H26N6O2/c1-10(2)13(15-17-9-18-20(15)3)19-12(22)8-21-6-4-11(5-7-21)14(16)23/h9-11,13H,4-8H2,1-3H3,(H2,16,23)(H,19,22). The molecule has 3 N–H and O–H groups in total. The van der Waals surface area contributed by atoms with Crippen LogP contribution in [0.2, 0.25) is 0 Å². The quantitative estimate of drug-likeness (QED) is 0.756. The first-order valence-corrected chi connectivity index (χ1v) is 8.03. The molecule has 0 saturated carbocycles. The molecule has 8 nitrogen and oxygen atoms in total. The fourth-order valence-electron chi connectivity index (χ4n) is 2.91. The summed E-state index contributed by atoms with van der Waals surface area (Å²) in [6, 6.07) is -0.168. The molecule has 1 aromatic rings. The second kappa shape index (κ2) is 7.54. The zero-order valence-electron chi connectivity index (χ0n) is 14.0. The molecule has 0 spiro atoms. The highest BCUT2D eigenvalue weighted by Crippen LogP contribution is 2.19. The Morgan fingerprint density at radius 2 is 2.04 bits per heavy atom. The van der Waals surface area contributed by atoms with Crippen molar-refractivity contribution in [1.82, 2.24) is 25.0 Å². The zero-order valence-corrected chi connectivity index (χ0v) is 14.0. The van der Waals surface area contributed by atoms with Crippen LogP contribution in [0.5, 0.6) is 0 Å². The third kappa shape index (κ3) is 4.51. The van der Waals surface area contributed by atoms with Gasteiger partial charge in [0.25, 0.3) is 0 Å². The Balaban J connectivity index is 1.88. The van der Waals surface area contributed by atoms with Crippen molar-refractivity contribution in [2.45, 2.75) is 32.7 Å². The van der Waals surface area contributed by atoms with Gasteiger partial charge in [0.15, 0.2) is 0 Å². The first kappa shape index (κ1) is 17.4. The van der Waals surface area contributed by atoms with Gasteiger partial charge >= 0.3 is 0 Å². The van der Waals surface area contributed by atoms with Crippen molar-refractivity contribution >= 4 is 11.8 Å². The smallest absolute Gasteiger partial charge is 0.234 e. The molecule has 1 aliphatic rings. The number of primary amides is 1. The van der Waals surface area contributed by atoms with E-state index < -0.39 is 0 Å². The number of rotatable bonds is 6. The van der Waals surface area contributed by atoms with Crippen molar-refractivity contribution in [3.8, 4) is 0 Å². The molecule has 1 aromatic heterocycles. The number of hydrogen-bond donors (Lipinski definition) is 2. The van der Waals surface area contributed by atoms with Gasteiger partial charge in [-0.1, -0.05) is 13.8 Å². The summed E-state index contributed by atoms with van der Waals surface area (Å²) in [6.07, 6.45) is 2.94. The predicted octanol–water partition coefficient (Wildman–Crippen LogP) is -0.174. The normalized spacial score (nSPS) is 18.1. The Bertz CT molecular complexity index is 548. The minimum Gasteiger partial charge on any atom is -0.369 e. The maximum Gasteiger partial charge on any atom is 0.234 e. The van der Waals surface area contributed by atoms with Gasteiger partial charge in [0.1, 0.15) is 12.2 Å². The van der Waals surface area contributed by atoms with E-state index in [-0.39, 0.29) is 29.7 Å². The summed E-state index contributed by atoms with van der Waals surface area (Å²) < 4.78 is 1.68. The average molecular weight is 322 g/mol. The fraction of sp³-hybridized carbons (Fsp3) is 0.733. The van der Waals surface area contributed by atoms with Crippen molar-refractivity contribution in [1.29, 1.82) is 0 Å². The van der Waals surface area contributed by atoms with Gasteiger partial charge in [-0.05, 0) is 31.8 Å². The van der Waals surface area contributed by atoms with Crippen molar-refractivity contribution in [2.75, 3.05) is 19.6 Å². The molecule has 1 atom stereocenters. The van der Waals surface area contributed by atoms with Crippen LogP contribution in [0.25, 0.3) is 0 Å². The van der Waals surface area contributed by atoms with E-state index in [2.05, 4.69) is 20.3 Å². The van der Waals surface area contributed by atoms with Gasteiger partial charge in [-0.2, -0.15) is 5.10 Å². The summed E-state index contributed by atoms with van der Waals surface area (Å²) in [5.74, 6) is 0.625. The number of carbonyl (C=O) groups is 2. The maximum absolute atomic E-state index is 12.3. The molecule has 1 saturated heterocycles. The Morgan fingerprint density at radius 3 is 2.52 bits per heavy atom. The Morgan fingerprint density at radius 1 is 1.39 bits per heavy atom. The third-order valence-electron chi connectivity index (χ3n) is 4.36. The van der Waals surface area contributed by atoms with E-state index in [4.69, 9.17) is 5.73 Å². The molecular formula is C15H26N6O2. The van der Waals surface area contributed by atoms with Crippen LogP contribution >= 0.6 is 0 Å². The average Bonchev–Trinajstić information content (AvgIpc) is 2.91. The van der Waals surface area contributed by atoms with Crippen LogP contribution in [0.1, 0.15) is 38.6 Å². The van der Waals surface area contributed by atoms with Crippen molar-refractivity contribution in [2.24, 2.45) is 24.6 Å². The number of aromatic nitrogens is 3. The number of carbonyl (C=O) groups excluding carboxylic acids is 2. The number of nitrogens with one attached hydrogen (secondary N) is 1. The molecule has 0 radical (unpaired) electrons. The minimum atomic E-state index is -0.240. The molecule has 128 valence electrons. The zero-order chi connectivity index (χ0) is 17.0. The van der Waals surface area contributed by atoms with Gasteiger partial charge in [-0.25, -0.2) is 4.98 Å². The number of piperidine rings is 1. The van der Waals surface area contributed by atoms with Crippen molar-refractivity contribution < 1.29 is 9.59 Å². The Labute approximate surface area is 136 Å². The maximum atomic E-state index is 12.3. The summed E-state index contributed by atoms with van der Waals surface area (Å²) in [5.41, 5.74) is 5.33. The second-order valence-electron chi connectivity index (χ2n) is 6.48. The van der Waals surface area contributed by atoms with Crippen LogP contribution in [-0.2, 0) is 16.6 Å². The summed E-state index contributed by atoms with van der Waals surface area (Å²) in [7, 11) is 1.82. The highest BCUT2D eigenvalue weighted by Gasteiger charge is 2.26. The van der Waals surface area contributed by atoms with Crippen LogP contribution in [0, 0.1) is 11.8 Å². The van der Waals surface area contributed by atoms with E-state index in [1.165, 1.54) is 6.33 Å². The number of nitrogens with two attached hydrogens (primary N) is 1. The molecule has 23 heavy (non-hydrogen) atoms. The lowest BCUT2D eigenvalue weighted by Gasteiger charge is -2.30. The lowest BCUT2D eigenvalue weighted by atomic mass is 9.96. The van der Waals surface area contributed by atoms with Gasteiger partial charge in [0.2, 0.25) is 11.8 Å². The van der Waals surface area contributed by atoms with Crippen LogP contribution in [-0.4, -0.2) is 51.1 Å². The molecule has 1 unspecified atom stereocenters. The van der Waals surface area contributed by atoms with E-state index in [0.717, 1.165) is 31.8 Å². The van der Waals surface area contributed by atoms with Gasteiger partial charge in [-0.3, -0.25) is 19.2 Å². The molecular weight excluding hydrogens is 296 g/mol. The lowest BCUT2D eigenvalue weighted by molar-refractivity contribution is -0.124. The Hall–Kier alpha value is -1.96. The van der Waals surface area contributed by atoms with Gasteiger partial charge in [0, 0.05) is 13.0 Å². The second-order valence-corrected chi connectivity index (χ2v) is 6.48. The SMILES string of the molecule is CC(C)C(NC(=O)CN1CCC(C(N)=O)CC1)c1ncnn1C. The lowest BCUT2D eigenvalue weighted by Crippen LogP contribution is -2.45. The monoisotopic (exact) mass is 322 g/mol. The highest BCUT2D eigenvalue weighted by molar-refractivity contribution is 5.79. The summed E-state index contributed by atoms with van der Waals surface area (Å²) in [4.78, 5) is 29.8. The molecule has 2 amide bonds. The van der Waals surface area contributed by atoms with E-state index in [1.807, 2.05) is 20.9 Å². The predicted molar refractivity (Wildman–Crippen MR) is 85.1 cm³/mol. The molecule has 0 bridgehead atoms. The van der Waals surface area contributed by atoms with Crippen LogP contribution in [0.3, 0.4) is 0 Å². The van der Waals surface area contributed by atoms with Crippen LogP contribution in [0.15, 0.2) is 6.33 Å². The number of aryl methyl sites for hydroxylation is 1. The first-order chi connectivity index (χ1) is 10.9. The van der Waals surface area contributed by atoms with Crippen LogP contribution < -0.4 is 11.1 Å². The van der Waals surface area contributed by atoms with Crippen molar-refractivity contribution in [3.05, 3.63) is 12.2 Å². The summed E-state index contributed by atoms with van der Waals surface area (Å²) in [5, 5.41) is 7.11. The number of nitrogens with zero attached hydrogens (tertiary/aromatic N) is 4. The summed E-state index contributed by atoms with van der Waals surface area (Å²) >= 11 is 0. The fourth-order valence-corrected chi connectivity index (χ4v) is 2.91. The van der Waals surface area contributed by atoms with E-state index in [9.17, 15) is 9.59 Å². The number of likely N-dealkylation sites (tertiary alicyclic amines) is 1. The van der Waals surface area contributed by atoms with Gasteiger partial charge < -0.3 is 11.1 Å². The minimum absolute atomic E-state index is 0.0378. The molecule has 1 aliphatic heterocycles. The molecule has 2 heterocycles. The van der Waals surface area contributed by atoms with Crippen molar-refractivity contribution in [3.63, 3.8) is 0 Å². The largest absolute Gasteiger partial charge is 0.369 e. The number of hydrogen-bond acceptors (Lipinski definition) is 5. The Kier molecular flexibility index (Phi) is 5.70. The van der Waals surface area contributed by atoms with Gasteiger partial charge in [-0.15, -0.1) is 0 Å². The summed E-state index contributed by atoms with van der Waals surface area (Å²) in [6.45, 7) is 5.84. The van der Waals surface area contributed by atoms with Crippen LogP contribution in [0.4, 0.5) is 0 Å². The molecule has 8 heteroatoms. The topological polar surface area (TPSA) is 106 Å². The third-order valence-corrected chi connectivity index (χ3v) is 4.36. The first-order valence-electron chi connectivity index (χ1n) is 8.03. The van der Waals surface area contributed by atoms with E-state index >= 15 is 0 Å². The van der Waals surface area contributed by atoms with Gasteiger partial charge in [0.05, 0.1) is 12.6 Å². The molecule has 2 rings (SSSR count). The number of amides is 2. The molecule has 1 fully saturated rings. The van der Waals surface area contributed by atoms with E-state index in [1.54, 1.807) is 4.68 Å². The molecule has 0 aromatic carbocycles. The van der Waals surface area contributed by atoms with E-state index in [0.29, 0.717) is 6.54 Å².